The van der Waals surface area contributed by atoms with Gasteiger partial charge in [0.1, 0.15) is 17.0 Å². The zero-order valence-electron chi connectivity index (χ0n) is 10.8. The smallest absolute Gasteiger partial charge is 0.236 e. The Labute approximate surface area is 119 Å². The highest BCUT2D eigenvalue weighted by Gasteiger charge is 2.39. The highest BCUT2D eigenvalue weighted by atomic mass is 32.2. The molecule has 0 saturated carbocycles. The van der Waals surface area contributed by atoms with Crippen LogP contribution in [0.3, 0.4) is 0 Å². The van der Waals surface area contributed by atoms with Crippen molar-refractivity contribution in [2.45, 2.75) is 24.0 Å². The topological polar surface area (TPSA) is 63.4 Å². The van der Waals surface area contributed by atoms with Crippen LogP contribution < -0.4 is 5.73 Å². The number of carbonyl (C=O) groups excluding carboxylic acids is 2. The molecule has 2 amide bonds. The Morgan fingerprint density at radius 3 is 2.75 bits per heavy atom. The Bertz CT molecular complexity index is 553. The molecule has 0 radical (unpaired) electrons. The minimum absolute atomic E-state index is 0.0122. The maximum atomic E-state index is 13.8. The van der Waals surface area contributed by atoms with Gasteiger partial charge in [-0.2, -0.15) is 0 Å². The van der Waals surface area contributed by atoms with Gasteiger partial charge in [-0.05, 0) is 13.0 Å². The summed E-state index contributed by atoms with van der Waals surface area (Å²) in [6, 6.07) is 3.26. The van der Waals surface area contributed by atoms with Crippen molar-refractivity contribution in [3.05, 3.63) is 35.4 Å². The number of hydrogen-bond donors (Lipinski definition) is 1. The molecule has 1 aromatic carbocycles. The summed E-state index contributed by atoms with van der Waals surface area (Å²) >= 11 is 1.27. The first-order valence-electron chi connectivity index (χ1n) is 6.09. The summed E-state index contributed by atoms with van der Waals surface area (Å²) < 4.78 is 26.8. The van der Waals surface area contributed by atoms with Crippen LogP contribution in [0.1, 0.15) is 24.3 Å². The third-order valence-corrected chi connectivity index (χ3v) is 4.45. The zero-order valence-corrected chi connectivity index (χ0v) is 11.6. The van der Waals surface area contributed by atoms with E-state index < -0.39 is 22.9 Å². The first-order valence-corrected chi connectivity index (χ1v) is 7.03. The molecule has 0 bridgehead atoms. The summed E-state index contributed by atoms with van der Waals surface area (Å²) in [5, 5.41) is -0.894. The van der Waals surface area contributed by atoms with Crippen LogP contribution in [0.2, 0.25) is 0 Å². The van der Waals surface area contributed by atoms with Crippen LogP contribution in [0, 0.1) is 11.6 Å². The summed E-state index contributed by atoms with van der Waals surface area (Å²) in [5.74, 6) is -2.07. The van der Waals surface area contributed by atoms with Gasteiger partial charge in [0.25, 0.3) is 0 Å². The van der Waals surface area contributed by atoms with Gasteiger partial charge in [0.15, 0.2) is 0 Å². The number of benzene rings is 1. The predicted molar refractivity (Wildman–Crippen MR) is 71.7 cm³/mol. The van der Waals surface area contributed by atoms with Crippen molar-refractivity contribution < 1.29 is 18.4 Å². The van der Waals surface area contributed by atoms with E-state index in [-0.39, 0.29) is 29.7 Å². The second kappa shape index (κ2) is 5.78. The second-order valence-electron chi connectivity index (χ2n) is 4.54. The number of rotatable bonds is 4. The van der Waals surface area contributed by atoms with Crippen molar-refractivity contribution in [3.63, 3.8) is 0 Å². The van der Waals surface area contributed by atoms with Crippen LogP contribution in [0.5, 0.6) is 0 Å². The standard InChI is InChI=1S/C13H14F2N2O2S/c1-7-12(19)17(5-4-11(16)18)13(20-7)9-3-2-8(14)6-10(9)15/h2-3,6-7,13H,4-5H2,1H3,(H2,16,18). The SMILES string of the molecule is CC1SC(c2ccc(F)cc2F)N(CCC(N)=O)C1=O. The normalized spacial score (nSPS) is 22.4. The lowest BCUT2D eigenvalue weighted by molar-refractivity contribution is -0.130. The van der Waals surface area contributed by atoms with E-state index in [1.165, 1.54) is 22.7 Å². The molecule has 7 heteroatoms. The number of carbonyl (C=O) groups is 2. The van der Waals surface area contributed by atoms with Gasteiger partial charge in [-0.25, -0.2) is 8.78 Å². The molecule has 2 unspecified atom stereocenters. The van der Waals surface area contributed by atoms with Crippen LogP contribution in [0.15, 0.2) is 18.2 Å². The molecule has 1 aromatic rings. The lowest BCUT2D eigenvalue weighted by Crippen LogP contribution is -2.33. The van der Waals surface area contributed by atoms with E-state index in [1.54, 1.807) is 6.92 Å². The third kappa shape index (κ3) is 2.92. The lowest BCUT2D eigenvalue weighted by atomic mass is 10.1. The van der Waals surface area contributed by atoms with Crippen LogP contribution in [0.4, 0.5) is 8.78 Å². The number of amides is 2. The van der Waals surface area contributed by atoms with E-state index in [9.17, 15) is 18.4 Å². The number of halogens is 2. The fourth-order valence-electron chi connectivity index (χ4n) is 2.08. The molecule has 2 N–H and O–H groups in total. The van der Waals surface area contributed by atoms with Crippen molar-refractivity contribution in [3.8, 4) is 0 Å². The van der Waals surface area contributed by atoms with Gasteiger partial charge < -0.3 is 10.6 Å². The largest absolute Gasteiger partial charge is 0.370 e. The fourth-order valence-corrected chi connectivity index (χ4v) is 3.41. The number of nitrogens with zero attached hydrogens (tertiary/aromatic N) is 1. The Morgan fingerprint density at radius 2 is 2.15 bits per heavy atom. The van der Waals surface area contributed by atoms with Gasteiger partial charge in [0, 0.05) is 24.6 Å². The molecule has 1 aliphatic rings. The Kier molecular flexibility index (Phi) is 4.27. The maximum Gasteiger partial charge on any atom is 0.236 e. The van der Waals surface area contributed by atoms with Crippen molar-refractivity contribution >= 4 is 23.6 Å². The summed E-state index contributed by atoms with van der Waals surface area (Å²) in [6.45, 7) is 1.85. The number of primary amides is 1. The van der Waals surface area contributed by atoms with Crippen molar-refractivity contribution in [2.24, 2.45) is 5.73 Å². The summed E-state index contributed by atoms with van der Waals surface area (Å²) in [5.41, 5.74) is 5.31. The maximum absolute atomic E-state index is 13.8. The van der Waals surface area contributed by atoms with Gasteiger partial charge in [-0.15, -0.1) is 11.8 Å². The predicted octanol–water partition coefficient (Wildman–Crippen LogP) is 1.80. The molecule has 1 aliphatic heterocycles. The van der Waals surface area contributed by atoms with Crippen LogP contribution >= 0.6 is 11.8 Å². The molecule has 4 nitrogen and oxygen atoms in total. The van der Waals surface area contributed by atoms with E-state index in [4.69, 9.17) is 5.73 Å². The molecular formula is C13H14F2N2O2S. The van der Waals surface area contributed by atoms with E-state index in [0.717, 1.165) is 12.1 Å². The fraction of sp³-hybridized carbons (Fsp3) is 0.385. The molecule has 0 aliphatic carbocycles. The van der Waals surface area contributed by atoms with Gasteiger partial charge in [0.05, 0.1) is 5.25 Å². The average Bonchev–Trinajstić information content (AvgIpc) is 2.63. The molecule has 0 spiro atoms. The van der Waals surface area contributed by atoms with Crippen LogP contribution in [-0.4, -0.2) is 28.5 Å². The molecule has 2 atom stereocenters. The van der Waals surface area contributed by atoms with Gasteiger partial charge in [-0.1, -0.05) is 6.07 Å². The molecule has 0 aromatic heterocycles. The van der Waals surface area contributed by atoms with Gasteiger partial charge in [-0.3, -0.25) is 9.59 Å². The Balaban J connectivity index is 2.27. The quantitative estimate of drug-likeness (QED) is 0.922. The minimum Gasteiger partial charge on any atom is -0.370 e. The highest BCUT2D eigenvalue weighted by molar-refractivity contribution is 8.01. The van der Waals surface area contributed by atoms with Crippen LogP contribution in [-0.2, 0) is 9.59 Å². The average molecular weight is 300 g/mol. The molecule has 1 fully saturated rings. The number of thioether (sulfide) groups is 1. The van der Waals surface area contributed by atoms with Gasteiger partial charge in [0.2, 0.25) is 11.8 Å². The van der Waals surface area contributed by atoms with Crippen LogP contribution in [0.25, 0.3) is 0 Å². The molecule has 1 heterocycles. The number of nitrogens with two attached hydrogens (primary N) is 1. The third-order valence-electron chi connectivity index (χ3n) is 3.07. The summed E-state index contributed by atoms with van der Waals surface area (Å²) in [7, 11) is 0. The molecule has 2 rings (SSSR count). The van der Waals surface area contributed by atoms with Crippen molar-refractivity contribution in [2.75, 3.05) is 6.54 Å². The summed E-state index contributed by atoms with van der Waals surface area (Å²) in [6.07, 6.45) is 0.0122. The van der Waals surface area contributed by atoms with Crippen molar-refractivity contribution in [1.82, 2.24) is 4.90 Å². The van der Waals surface area contributed by atoms with E-state index in [2.05, 4.69) is 0 Å². The highest BCUT2D eigenvalue weighted by Crippen LogP contribution is 2.43. The first-order chi connectivity index (χ1) is 9.40. The van der Waals surface area contributed by atoms with E-state index >= 15 is 0 Å². The molecular weight excluding hydrogens is 286 g/mol. The van der Waals surface area contributed by atoms with Gasteiger partial charge >= 0.3 is 0 Å². The minimum atomic E-state index is -0.700. The van der Waals surface area contributed by atoms with E-state index in [0.29, 0.717) is 0 Å². The molecule has 20 heavy (non-hydrogen) atoms. The van der Waals surface area contributed by atoms with Crippen molar-refractivity contribution in [1.29, 1.82) is 0 Å². The molecule has 1 saturated heterocycles. The van der Waals surface area contributed by atoms with E-state index in [1.807, 2.05) is 0 Å². The Morgan fingerprint density at radius 1 is 1.45 bits per heavy atom. The second-order valence-corrected chi connectivity index (χ2v) is 5.97. The summed E-state index contributed by atoms with van der Waals surface area (Å²) in [4.78, 5) is 24.3. The monoisotopic (exact) mass is 300 g/mol. The number of hydrogen-bond acceptors (Lipinski definition) is 3. The Hall–Kier alpha value is -1.63. The zero-order chi connectivity index (χ0) is 14.9. The first kappa shape index (κ1) is 14.8. The lowest BCUT2D eigenvalue weighted by Gasteiger charge is -2.24. The molecule has 108 valence electrons.